The van der Waals surface area contributed by atoms with Gasteiger partial charge in [-0.2, -0.15) is 0 Å². The Morgan fingerprint density at radius 3 is 2.81 bits per heavy atom. The molecule has 2 N–H and O–H groups in total. The van der Waals surface area contributed by atoms with Crippen LogP contribution in [0.15, 0.2) is 87.3 Å². The quantitative estimate of drug-likeness (QED) is 0.314. The molecule has 0 amide bonds. The van der Waals surface area contributed by atoms with Gasteiger partial charge in [-0.15, -0.1) is 0 Å². The lowest BCUT2D eigenvalue weighted by Gasteiger charge is -2.09. The van der Waals surface area contributed by atoms with Crippen LogP contribution in [0.5, 0.6) is 0 Å². The largest absolute Gasteiger partial charge is 0.366 e. The number of amidine groups is 1. The summed E-state index contributed by atoms with van der Waals surface area (Å²) in [5.41, 5.74) is 2.86. The van der Waals surface area contributed by atoms with Crippen LogP contribution in [0.25, 0.3) is 11.2 Å². The fourth-order valence-corrected chi connectivity index (χ4v) is 3.09. The summed E-state index contributed by atoms with van der Waals surface area (Å²) in [7, 11) is 1.75. The highest BCUT2D eigenvalue weighted by Crippen LogP contribution is 2.10. The predicted molar refractivity (Wildman–Crippen MR) is 132 cm³/mol. The van der Waals surface area contributed by atoms with Crippen molar-refractivity contribution in [3.05, 3.63) is 88.0 Å². The minimum Gasteiger partial charge on any atom is -0.366 e. The van der Waals surface area contributed by atoms with Gasteiger partial charge < -0.3 is 5.32 Å². The maximum absolute atomic E-state index is 12.2. The first-order valence-electron chi connectivity index (χ1n) is 10.3. The second-order valence-electron chi connectivity index (χ2n) is 6.80. The number of nitrogens with zero attached hydrogens (tertiary/aromatic N) is 3. The molecule has 2 aromatic rings. The average Bonchev–Trinajstić information content (AvgIpc) is 3.08. The Kier molecular flexibility index (Phi) is 9.78. The number of allylic oxidation sites excluding steroid dienone is 6. The number of hydrogen-bond acceptors (Lipinski definition) is 3. The molecule has 0 aliphatic rings. The third kappa shape index (κ3) is 7.26. The van der Waals surface area contributed by atoms with Gasteiger partial charge in [0.25, 0.3) is 0 Å². The van der Waals surface area contributed by atoms with Crippen molar-refractivity contribution in [1.29, 1.82) is 0 Å². The number of rotatable bonds is 10. The Balaban J connectivity index is 2.09. The molecule has 0 spiro atoms. The van der Waals surface area contributed by atoms with E-state index in [1.807, 2.05) is 36.4 Å². The van der Waals surface area contributed by atoms with E-state index in [1.165, 1.54) is 0 Å². The zero-order valence-corrected chi connectivity index (χ0v) is 19.1. The number of fused-ring (bicyclic) bond motifs is 1. The van der Waals surface area contributed by atoms with E-state index >= 15 is 0 Å². The van der Waals surface area contributed by atoms with Gasteiger partial charge in [0, 0.05) is 30.4 Å². The van der Waals surface area contributed by atoms with Gasteiger partial charge >= 0.3 is 5.69 Å². The Hall–Kier alpha value is -3.12. The van der Waals surface area contributed by atoms with Crippen molar-refractivity contribution >= 4 is 28.6 Å². The van der Waals surface area contributed by atoms with Crippen molar-refractivity contribution in [1.82, 2.24) is 19.9 Å². The highest BCUT2D eigenvalue weighted by Gasteiger charge is 2.07. The van der Waals surface area contributed by atoms with Gasteiger partial charge in [-0.1, -0.05) is 56.3 Å². The Bertz CT molecular complexity index is 1100. The lowest BCUT2D eigenvalue weighted by Crippen LogP contribution is -2.25. The van der Waals surface area contributed by atoms with E-state index in [2.05, 4.69) is 46.8 Å². The minimum absolute atomic E-state index is 0.203. The molecule has 0 saturated heterocycles. The summed E-state index contributed by atoms with van der Waals surface area (Å²) in [5.74, 6) is 0.763. The SMILES string of the molecule is C=C(/C=C\C(=C/CC)C(=NC)NC/C=C(Cl)\C=C/CC)Cn1c(=O)[nH]c2ncccc21. The summed E-state index contributed by atoms with van der Waals surface area (Å²) >= 11 is 6.17. The van der Waals surface area contributed by atoms with E-state index < -0.39 is 0 Å². The molecule has 0 aromatic carbocycles. The Labute approximate surface area is 188 Å². The molecule has 0 unspecified atom stereocenters. The van der Waals surface area contributed by atoms with Crippen LogP contribution >= 0.6 is 11.6 Å². The highest BCUT2D eigenvalue weighted by molar-refractivity contribution is 6.31. The van der Waals surface area contributed by atoms with Crippen molar-refractivity contribution < 1.29 is 0 Å². The van der Waals surface area contributed by atoms with Gasteiger partial charge in [-0.25, -0.2) is 9.78 Å². The zero-order valence-electron chi connectivity index (χ0n) is 18.4. The molecule has 0 aliphatic carbocycles. The first-order chi connectivity index (χ1) is 15.0. The summed E-state index contributed by atoms with van der Waals surface area (Å²) < 4.78 is 1.63. The molecule has 2 rings (SSSR count). The third-order valence-electron chi connectivity index (χ3n) is 4.41. The van der Waals surface area contributed by atoms with Crippen molar-refractivity contribution in [3.63, 3.8) is 0 Å². The van der Waals surface area contributed by atoms with Gasteiger partial charge in [-0.05, 0) is 42.7 Å². The van der Waals surface area contributed by atoms with Crippen LogP contribution in [0.4, 0.5) is 0 Å². The number of pyridine rings is 1. The average molecular weight is 440 g/mol. The molecular weight excluding hydrogens is 410 g/mol. The van der Waals surface area contributed by atoms with Gasteiger partial charge in [-0.3, -0.25) is 14.5 Å². The van der Waals surface area contributed by atoms with Crippen LogP contribution < -0.4 is 11.0 Å². The molecule has 31 heavy (non-hydrogen) atoms. The summed E-state index contributed by atoms with van der Waals surface area (Å²) in [6, 6.07) is 3.67. The molecule has 0 aliphatic heterocycles. The highest BCUT2D eigenvalue weighted by atomic mass is 35.5. The molecule has 164 valence electrons. The van der Waals surface area contributed by atoms with Crippen LogP contribution in [0.1, 0.15) is 26.7 Å². The molecule has 0 bridgehead atoms. The molecule has 6 nitrogen and oxygen atoms in total. The lowest BCUT2D eigenvalue weighted by molar-refractivity contribution is 0.788. The van der Waals surface area contributed by atoms with E-state index in [0.29, 0.717) is 23.8 Å². The monoisotopic (exact) mass is 439 g/mol. The second kappa shape index (κ2) is 12.5. The first-order valence-corrected chi connectivity index (χ1v) is 10.7. The van der Waals surface area contributed by atoms with Crippen LogP contribution in [-0.4, -0.2) is 34.0 Å². The topological polar surface area (TPSA) is 75.1 Å². The number of H-pyrrole nitrogens is 1. The van der Waals surface area contributed by atoms with Crippen LogP contribution in [0.2, 0.25) is 0 Å². The van der Waals surface area contributed by atoms with Crippen LogP contribution in [0.3, 0.4) is 0 Å². The van der Waals surface area contributed by atoms with Crippen molar-refractivity contribution in [2.24, 2.45) is 4.99 Å². The maximum Gasteiger partial charge on any atom is 0.327 e. The number of aromatic nitrogens is 3. The number of hydrogen-bond donors (Lipinski definition) is 2. The molecular formula is C24H30ClN5O. The first kappa shape index (κ1) is 24.2. The predicted octanol–water partition coefficient (Wildman–Crippen LogP) is 4.88. The smallest absolute Gasteiger partial charge is 0.327 e. The molecule has 0 radical (unpaired) electrons. The van der Waals surface area contributed by atoms with Crippen molar-refractivity contribution in [3.8, 4) is 0 Å². The third-order valence-corrected chi connectivity index (χ3v) is 4.69. The zero-order chi connectivity index (χ0) is 22.6. The summed E-state index contributed by atoms with van der Waals surface area (Å²) in [5, 5.41) is 3.99. The number of nitrogens with one attached hydrogen (secondary N) is 2. The number of halogens is 1. The molecule has 0 saturated carbocycles. The maximum atomic E-state index is 12.2. The molecule has 0 fully saturated rings. The van der Waals surface area contributed by atoms with E-state index in [9.17, 15) is 4.79 Å². The summed E-state index contributed by atoms with van der Waals surface area (Å²) in [4.78, 5) is 23.6. The van der Waals surface area contributed by atoms with E-state index in [-0.39, 0.29) is 5.69 Å². The standard InChI is InChI=1S/C24H30ClN5O/c1-5-7-10-20(25)14-16-28-22(26-4)19(9-6-2)13-12-18(3)17-30-21-11-8-15-27-23(21)29-24(30)31/h7-15H,3,5-6,16-17H2,1-2,4H3,(H,26,28)(H,27,29,31)/b10-7-,13-12-,19-9+,20-14+. The number of aromatic amines is 1. The molecule has 0 atom stereocenters. The van der Waals surface area contributed by atoms with E-state index in [0.717, 1.165) is 35.3 Å². The van der Waals surface area contributed by atoms with E-state index in [1.54, 1.807) is 23.9 Å². The van der Waals surface area contributed by atoms with Gasteiger partial charge in [0.15, 0.2) is 5.65 Å². The fraction of sp³-hybridized carbons (Fsp3) is 0.292. The lowest BCUT2D eigenvalue weighted by atomic mass is 10.1. The Morgan fingerprint density at radius 2 is 2.10 bits per heavy atom. The van der Waals surface area contributed by atoms with Crippen LogP contribution in [0, 0.1) is 0 Å². The van der Waals surface area contributed by atoms with E-state index in [4.69, 9.17) is 11.6 Å². The Morgan fingerprint density at radius 1 is 1.29 bits per heavy atom. The van der Waals surface area contributed by atoms with Gasteiger partial charge in [0.1, 0.15) is 5.84 Å². The number of aliphatic imine (C=N–C) groups is 1. The van der Waals surface area contributed by atoms with Gasteiger partial charge in [0.2, 0.25) is 0 Å². The molecule has 2 heterocycles. The molecule has 2 aromatic heterocycles. The fourth-order valence-electron chi connectivity index (χ4n) is 2.93. The second-order valence-corrected chi connectivity index (χ2v) is 7.24. The normalized spacial score (nSPS) is 13.6. The van der Waals surface area contributed by atoms with Crippen molar-refractivity contribution in [2.75, 3.05) is 13.6 Å². The number of imidazole rings is 1. The summed E-state index contributed by atoms with van der Waals surface area (Å²) in [6.07, 6.45) is 15.2. The van der Waals surface area contributed by atoms with Crippen molar-refractivity contribution in [2.45, 2.75) is 33.2 Å². The van der Waals surface area contributed by atoms with Gasteiger partial charge in [0.05, 0.1) is 12.1 Å². The van der Waals surface area contributed by atoms with Crippen LogP contribution in [-0.2, 0) is 6.54 Å². The minimum atomic E-state index is -0.203. The summed E-state index contributed by atoms with van der Waals surface area (Å²) in [6.45, 7) is 9.17. The molecule has 7 heteroatoms.